The molecule has 31 heavy (non-hydrogen) atoms. The molecule has 1 heterocycles. The van der Waals surface area contributed by atoms with Crippen LogP contribution in [0, 0.1) is 0 Å². The Morgan fingerprint density at radius 1 is 0.871 bits per heavy atom. The van der Waals surface area contributed by atoms with Gasteiger partial charge < -0.3 is 5.32 Å². The molecule has 1 saturated heterocycles. The van der Waals surface area contributed by atoms with Gasteiger partial charge in [-0.3, -0.25) is 4.79 Å². The summed E-state index contributed by atoms with van der Waals surface area (Å²) in [5.74, 6) is 0.0645. The zero-order valence-electron chi connectivity index (χ0n) is 18.1. The van der Waals surface area contributed by atoms with Crippen molar-refractivity contribution in [1.82, 2.24) is 9.62 Å². The van der Waals surface area contributed by atoms with Crippen LogP contribution in [0.15, 0.2) is 59.5 Å². The van der Waals surface area contributed by atoms with Gasteiger partial charge in [0.2, 0.25) is 15.9 Å². The van der Waals surface area contributed by atoms with Gasteiger partial charge in [0, 0.05) is 25.0 Å². The molecule has 2 aliphatic rings. The lowest BCUT2D eigenvalue weighted by molar-refractivity contribution is -0.122. The van der Waals surface area contributed by atoms with Gasteiger partial charge in [-0.05, 0) is 61.8 Å². The van der Waals surface area contributed by atoms with Crippen molar-refractivity contribution in [2.45, 2.75) is 68.2 Å². The predicted octanol–water partition coefficient (Wildman–Crippen LogP) is 4.08. The van der Waals surface area contributed by atoms with Crippen LogP contribution in [0.25, 0.3) is 0 Å². The van der Waals surface area contributed by atoms with Crippen LogP contribution in [0.5, 0.6) is 0 Å². The molecule has 1 saturated carbocycles. The summed E-state index contributed by atoms with van der Waals surface area (Å²) in [6.45, 7) is 1.21. The summed E-state index contributed by atoms with van der Waals surface area (Å²) in [6, 6.07) is 17.3. The Hall–Kier alpha value is -2.18. The highest BCUT2D eigenvalue weighted by Crippen LogP contribution is 2.38. The minimum atomic E-state index is -3.42. The molecule has 1 amide bonds. The quantitative estimate of drug-likeness (QED) is 0.673. The first-order valence-electron chi connectivity index (χ1n) is 11.4. The van der Waals surface area contributed by atoms with E-state index in [0.717, 1.165) is 50.5 Å². The maximum absolute atomic E-state index is 12.9. The average molecular weight is 441 g/mol. The zero-order valence-corrected chi connectivity index (χ0v) is 18.9. The Morgan fingerprint density at radius 3 is 2.13 bits per heavy atom. The lowest BCUT2D eigenvalue weighted by Crippen LogP contribution is -2.38. The molecule has 2 aromatic rings. The van der Waals surface area contributed by atoms with E-state index < -0.39 is 10.0 Å². The van der Waals surface area contributed by atoms with Crippen molar-refractivity contribution < 1.29 is 13.2 Å². The third kappa shape index (κ3) is 5.74. The van der Waals surface area contributed by atoms with E-state index in [1.165, 1.54) is 5.56 Å². The average Bonchev–Trinajstić information content (AvgIpc) is 3.57. The van der Waals surface area contributed by atoms with Gasteiger partial charge in [-0.2, -0.15) is 4.31 Å². The van der Waals surface area contributed by atoms with Gasteiger partial charge in [0.15, 0.2) is 0 Å². The molecular weight excluding hydrogens is 408 g/mol. The highest BCUT2D eigenvalue weighted by molar-refractivity contribution is 7.89. The van der Waals surface area contributed by atoms with E-state index >= 15 is 0 Å². The SMILES string of the molecule is O=C(CCc1ccc(S(=O)(=O)N2CCCCCC2)cc1)NC1(Cc2ccccc2)CC1. The first-order chi connectivity index (χ1) is 15.0. The fourth-order valence-electron chi connectivity index (χ4n) is 4.36. The molecule has 6 heteroatoms. The number of nitrogens with one attached hydrogen (secondary N) is 1. The van der Waals surface area contributed by atoms with Gasteiger partial charge in [0.25, 0.3) is 0 Å². The lowest BCUT2D eigenvalue weighted by atomic mass is 10.0. The van der Waals surface area contributed by atoms with Crippen LogP contribution >= 0.6 is 0 Å². The Kier molecular flexibility index (Phi) is 6.77. The third-order valence-corrected chi connectivity index (χ3v) is 8.32. The van der Waals surface area contributed by atoms with Gasteiger partial charge in [-0.15, -0.1) is 0 Å². The molecular formula is C25H32N2O3S. The van der Waals surface area contributed by atoms with E-state index in [4.69, 9.17) is 0 Å². The maximum atomic E-state index is 12.9. The summed E-state index contributed by atoms with van der Waals surface area (Å²) in [6.07, 6.45) is 8.00. The standard InChI is InChI=1S/C25H32N2O3S/c28-24(26-25(16-17-25)20-22-8-4-3-5-9-22)15-12-21-10-13-23(14-11-21)31(29,30)27-18-6-1-2-7-19-27/h3-5,8-11,13-14H,1-2,6-7,12,15-20H2,(H,26,28). The van der Waals surface area contributed by atoms with Gasteiger partial charge in [-0.1, -0.05) is 55.3 Å². The Bertz CT molecular complexity index is 975. The molecule has 0 radical (unpaired) electrons. The Balaban J connectivity index is 1.29. The van der Waals surface area contributed by atoms with E-state index in [-0.39, 0.29) is 11.4 Å². The molecule has 2 aromatic carbocycles. The maximum Gasteiger partial charge on any atom is 0.243 e. The number of nitrogens with zero attached hydrogens (tertiary/aromatic N) is 1. The van der Waals surface area contributed by atoms with Crippen LogP contribution < -0.4 is 5.32 Å². The van der Waals surface area contributed by atoms with Crippen molar-refractivity contribution in [2.24, 2.45) is 0 Å². The molecule has 1 aliphatic carbocycles. The second kappa shape index (κ2) is 9.53. The summed E-state index contributed by atoms with van der Waals surface area (Å²) < 4.78 is 27.4. The number of benzene rings is 2. The Labute approximate surface area is 185 Å². The van der Waals surface area contributed by atoms with Crippen LogP contribution in [-0.2, 0) is 27.7 Å². The van der Waals surface area contributed by atoms with Crippen molar-refractivity contribution in [3.05, 3.63) is 65.7 Å². The van der Waals surface area contributed by atoms with Gasteiger partial charge in [0.1, 0.15) is 0 Å². The molecule has 0 bridgehead atoms. The number of hydrogen-bond donors (Lipinski definition) is 1. The van der Waals surface area contributed by atoms with E-state index in [9.17, 15) is 13.2 Å². The molecule has 5 nitrogen and oxygen atoms in total. The first kappa shape index (κ1) is 22.0. The summed E-state index contributed by atoms with van der Waals surface area (Å²) in [5, 5.41) is 3.23. The molecule has 0 aromatic heterocycles. The van der Waals surface area contributed by atoms with Crippen molar-refractivity contribution in [1.29, 1.82) is 0 Å². The van der Waals surface area contributed by atoms with Crippen LogP contribution in [-0.4, -0.2) is 37.3 Å². The van der Waals surface area contributed by atoms with Crippen LogP contribution in [0.4, 0.5) is 0 Å². The number of rotatable bonds is 8. The van der Waals surface area contributed by atoms with E-state index in [1.807, 2.05) is 30.3 Å². The summed E-state index contributed by atoms with van der Waals surface area (Å²) in [5.41, 5.74) is 2.16. The van der Waals surface area contributed by atoms with E-state index in [2.05, 4.69) is 17.4 Å². The van der Waals surface area contributed by atoms with Crippen molar-refractivity contribution >= 4 is 15.9 Å². The smallest absolute Gasteiger partial charge is 0.243 e. The van der Waals surface area contributed by atoms with Gasteiger partial charge >= 0.3 is 0 Å². The van der Waals surface area contributed by atoms with E-state index in [0.29, 0.717) is 30.8 Å². The highest BCUT2D eigenvalue weighted by Gasteiger charge is 2.43. The monoisotopic (exact) mass is 440 g/mol. The van der Waals surface area contributed by atoms with E-state index in [1.54, 1.807) is 16.4 Å². The molecule has 0 atom stereocenters. The van der Waals surface area contributed by atoms with Gasteiger partial charge in [0.05, 0.1) is 4.90 Å². The van der Waals surface area contributed by atoms with Crippen molar-refractivity contribution in [3.8, 4) is 0 Å². The predicted molar refractivity (Wildman–Crippen MR) is 122 cm³/mol. The van der Waals surface area contributed by atoms with Crippen molar-refractivity contribution in [3.63, 3.8) is 0 Å². The first-order valence-corrected chi connectivity index (χ1v) is 12.9. The third-order valence-electron chi connectivity index (χ3n) is 6.41. The number of aryl methyl sites for hydroxylation is 1. The second-order valence-electron chi connectivity index (χ2n) is 8.95. The highest BCUT2D eigenvalue weighted by atomic mass is 32.2. The van der Waals surface area contributed by atoms with Crippen molar-refractivity contribution in [2.75, 3.05) is 13.1 Å². The fourth-order valence-corrected chi connectivity index (χ4v) is 5.88. The van der Waals surface area contributed by atoms with Crippen LogP contribution in [0.2, 0.25) is 0 Å². The number of carbonyl (C=O) groups is 1. The number of hydrogen-bond acceptors (Lipinski definition) is 3. The molecule has 2 fully saturated rings. The largest absolute Gasteiger partial charge is 0.350 e. The molecule has 1 aliphatic heterocycles. The number of sulfonamides is 1. The minimum absolute atomic E-state index is 0.0645. The molecule has 4 rings (SSSR count). The van der Waals surface area contributed by atoms with Crippen LogP contribution in [0.3, 0.4) is 0 Å². The second-order valence-corrected chi connectivity index (χ2v) is 10.9. The van der Waals surface area contributed by atoms with Gasteiger partial charge in [-0.25, -0.2) is 8.42 Å². The summed E-state index contributed by atoms with van der Waals surface area (Å²) >= 11 is 0. The Morgan fingerprint density at radius 2 is 1.52 bits per heavy atom. The van der Waals surface area contributed by atoms with Crippen LogP contribution in [0.1, 0.15) is 56.1 Å². The fraction of sp³-hybridized carbons (Fsp3) is 0.480. The molecule has 166 valence electrons. The summed E-state index contributed by atoms with van der Waals surface area (Å²) in [4.78, 5) is 12.9. The molecule has 1 N–H and O–H groups in total. The zero-order chi connectivity index (χ0) is 21.7. The number of carbonyl (C=O) groups excluding carboxylic acids is 1. The number of amides is 1. The molecule has 0 spiro atoms. The topological polar surface area (TPSA) is 66.5 Å². The normalized spacial score (nSPS) is 18.8. The summed E-state index contributed by atoms with van der Waals surface area (Å²) in [7, 11) is -3.42. The lowest BCUT2D eigenvalue weighted by Gasteiger charge is -2.20. The molecule has 0 unspecified atom stereocenters. The minimum Gasteiger partial charge on any atom is -0.350 e.